The van der Waals surface area contributed by atoms with Crippen molar-refractivity contribution in [3.05, 3.63) is 28.8 Å². The molecule has 0 aliphatic heterocycles. The molecule has 1 rings (SSSR count). The van der Waals surface area contributed by atoms with Crippen molar-refractivity contribution in [2.75, 3.05) is 27.2 Å². The van der Waals surface area contributed by atoms with Crippen LogP contribution in [0, 0.1) is 13.8 Å². The summed E-state index contributed by atoms with van der Waals surface area (Å²) in [6, 6.07) is 3.91. The first-order chi connectivity index (χ1) is 7.54. The molecule has 0 saturated heterocycles. The Balaban J connectivity index is 2.69. The van der Waals surface area contributed by atoms with Crippen LogP contribution in [0.25, 0.3) is 0 Å². The Kier molecular flexibility index (Phi) is 4.77. The number of aryl methyl sites for hydroxylation is 2. The highest BCUT2D eigenvalue weighted by Crippen LogP contribution is 2.22. The van der Waals surface area contributed by atoms with Gasteiger partial charge in [-0.15, -0.1) is 0 Å². The third-order valence-corrected chi connectivity index (χ3v) is 2.88. The number of rotatable bonds is 5. The number of likely N-dealkylation sites (N-methyl/N-ethyl adjacent to an activating group) is 2. The fourth-order valence-electron chi connectivity index (χ4n) is 1.66. The van der Waals surface area contributed by atoms with E-state index in [2.05, 4.69) is 30.3 Å². The van der Waals surface area contributed by atoms with Gasteiger partial charge in [0, 0.05) is 25.2 Å². The first-order valence-electron chi connectivity index (χ1n) is 5.67. The monoisotopic (exact) mass is 222 g/mol. The van der Waals surface area contributed by atoms with Crippen molar-refractivity contribution in [2.24, 2.45) is 0 Å². The second-order valence-electron chi connectivity index (χ2n) is 4.41. The summed E-state index contributed by atoms with van der Waals surface area (Å²) in [5.41, 5.74) is 3.37. The SMILES string of the molecule is CNCCN(C)Cc1cc(C)c(C)cc1O. The topological polar surface area (TPSA) is 35.5 Å². The molecule has 0 aromatic heterocycles. The molecule has 0 radical (unpaired) electrons. The second-order valence-corrected chi connectivity index (χ2v) is 4.41. The highest BCUT2D eigenvalue weighted by atomic mass is 16.3. The van der Waals surface area contributed by atoms with E-state index in [-0.39, 0.29) is 0 Å². The molecular weight excluding hydrogens is 200 g/mol. The fraction of sp³-hybridized carbons (Fsp3) is 0.538. The standard InChI is InChI=1S/C13H22N2O/c1-10-7-12(13(16)8-11(10)2)9-15(4)6-5-14-3/h7-8,14,16H,5-6,9H2,1-4H3. The van der Waals surface area contributed by atoms with E-state index in [0.717, 1.165) is 30.8 Å². The maximum Gasteiger partial charge on any atom is 0.120 e. The van der Waals surface area contributed by atoms with Crippen molar-refractivity contribution in [1.29, 1.82) is 0 Å². The van der Waals surface area contributed by atoms with Gasteiger partial charge in [-0.05, 0) is 45.1 Å². The Hall–Kier alpha value is -1.06. The summed E-state index contributed by atoms with van der Waals surface area (Å²) in [5, 5.41) is 13.0. The van der Waals surface area contributed by atoms with Crippen LogP contribution in [0.2, 0.25) is 0 Å². The number of benzene rings is 1. The van der Waals surface area contributed by atoms with Gasteiger partial charge in [-0.25, -0.2) is 0 Å². The van der Waals surface area contributed by atoms with Crippen molar-refractivity contribution in [3.63, 3.8) is 0 Å². The number of phenolic OH excluding ortho intramolecular Hbond substituents is 1. The Labute approximate surface area is 98.1 Å². The van der Waals surface area contributed by atoms with E-state index < -0.39 is 0 Å². The van der Waals surface area contributed by atoms with Crippen molar-refractivity contribution in [2.45, 2.75) is 20.4 Å². The molecule has 3 nitrogen and oxygen atoms in total. The number of nitrogens with zero attached hydrogens (tertiary/aromatic N) is 1. The lowest BCUT2D eigenvalue weighted by molar-refractivity contribution is 0.321. The number of aromatic hydroxyl groups is 1. The molecule has 0 bridgehead atoms. The molecule has 0 aliphatic rings. The molecule has 90 valence electrons. The van der Waals surface area contributed by atoms with Crippen LogP contribution in [0.4, 0.5) is 0 Å². The molecule has 0 amide bonds. The molecule has 2 N–H and O–H groups in total. The number of phenols is 1. The van der Waals surface area contributed by atoms with E-state index in [4.69, 9.17) is 0 Å². The largest absolute Gasteiger partial charge is 0.508 e. The van der Waals surface area contributed by atoms with Crippen molar-refractivity contribution in [1.82, 2.24) is 10.2 Å². The lowest BCUT2D eigenvalue weighted by atomic mass is 10.0. The Morgan fingerprint density at radius 2 is 1.88 bits per heavy atom. The average molecular weight is 222 g/mol. The first-order valence-corrected chi connectivity index (χ1v) is 5.67. The Bertz CT molecular complexity index is 350. The molecule has 3 heteroatoms. The summed E-state index contributed by atoms with van der Waals surface area (Å²) >= 11 is 0. The van der Waals surface area contributed by atoms with Gasteiger partial charge in [0.2, 0.25) is 0 Å². The van der Waals surface area contributed by atoms with Crippen LogP contribution in [0.3, 0.4) is 0 Å². The maximum absolute atomic E-state index is 9.85. The van der Waals surface area contributed by atoms with Gasteiger partial charge in [0.15, 0.2) is 0 Å². The predicted octanol–water partition coefficient (Wildman–Crippen LogP) is 1.66. The fourth-order valence-corrected chi connectivity index (χ4v) is 1.66. The summed E-state index contributed by atoms with van der Waals surface area (Å²) in [6.45, 7) is 6.81. The van der Waals surface area contributed by atoms with E-state index in [9.17, 15) is 5.11 Å². The zero-order valence-electron chi connectivity index (χ0n) is 10.7. The average Bonchev–Trinajstić information content (AvgIpc) is 2.23. The minimum atomic E-state index is 0.402. The van der Waals surface area contributed by atoms with Gasteiger partial charge in [0.1, 0.15) is 5.75 Å². The molecular formula is C13H22N2O. The molecule has 0 fully saturated rings. The van der Waals surface area contributed by atoms with Gasteiger partial charge in [0.05, 0.1) is 0 Å². The van der Waals surface area contributed by atoms with Crippen LogP contribution in [0.15, 0.2) is 12.1 Å². The zero-order valence-corrected chi connectivity index (χ0v) is 10.7. The lowest BCUT2D eigenvalue weighted by Gasteiger charge is -2.18. The molecule has 1 aromatic carbocycles. The normalized spacial score (nSPS) is 11.1. The van der Waals surface area contributed by atoms with Crippen LogP contribution in [-0.4, -0.2) is 37.2 Å². The van der Waals surface area contributed by atoms with Crippen molar-refractivity contribution in [3.8, 4) is 5.75 Å². The zero-order chi connectivity index (χ0) is 12.1. The van der Waals surface area contributed by atoms with E-state index in [1.165, 1.54) is 5.56 Å². The number of hydrogen-bond donors (Lipinski definition) is 2. The number of hydrogen-bond acceptors (Lipinski definition) is 3. The van der Waals surface area contributed by atoms with Gasteiger partial charge in [0.25, 0.3) is 0 Å². The van der Waals surface area contributed by atoms with Gasteiger partial charge in [-0.3, -0.25) is 0 Å². The van der Waals surface area contributed by atoms with E-state index in [0.29, 0.717) is 5.75 Å². The molecule has 1 aromatic rings. The third kappa shape index (κ3) is 3.51. The summed E-state index contributed by atoms with van der Waals surface area (Å²) in [7, 11) is 4.01. The molecule has 0 spiro atoms. The molecule has 0 aliphatic carbocycles. The first kappa shape index (κ1) is 13.0. The van der Waals surface area contributed by atoms with Gasteiger partial charge < -0.3 is 15.3 Å². The highest BCUT2D eigenvalue weighted by molar-refractivity contribution is 5.40. The highest BCUT2D eigenvalue weighted by Gasteiger charge is 2.06. The van der Waals surface area contributed by atoms with Crippen molar-refractivity contribution >= 4 is 0 Å². The van der Waals surface area contributed by atoms with E-state index in [1.807, 2.05) is 20.0 Å². The smallest absolute Gasteiger partial charge is 0.120 e. The van der Waals surface area contributed by atoms with Crippen molar-refractivity contribution < 1.29 is 5.11 Å². The van der Waals surface area contributed by atoms with Crippen LogP contribution in [0.1, 0.15) is 16.7 Å². The van der Waals surface area contributed by atoms with Crippen LogP contribution in [-0.2, 0) is 6.54 Å². The maximum atomic E-state index is 9.85. The lowest BCUT2D eigenvalue weighted by Crippen LogP contribution is -2.27. The summed E-state index contributed by atoms with van der Waals surface area (Å²) < 4.78 is 0. The molecule has 0 unspecified atom stereocenters. The Morgan fingerprint density at radius 1 is 1.25 bits per heavy atom. The van der Waals surface area contributed by atoms with E-state index in [1.54, 1.807) is 0 Å². The van der Waals surface area contributed by atoms with Crippen LogP contribution in [0.5, 0.6) is 5.75 Å². The molecule has 0 saturated carbocycles. The minimum absolute atomic E-state index is 0.402. The molecule has 16 heavy (non-hydrogen) atoms. The molecule has 0 heterocycles. The summed E-state index contributed by atoms with van der Waals surface area (Å²) in [4.78, 5) is 2.19. The predicted molar refractivity (Wildman–Crippen MR) is 67.8 cm³/mol. The minimum Gasteiger partial charge on any atom is -0.508 e. The van der Waals surface area contributed by atoms with E-state index >= 15 is 0 Å². The third-order valence-electron chi connectivity index (χ3n) is 2.88. The van der Waals surface area contributed by atoms with Gasteiger partial charge in [-0.1, -0.05) is 6.07 Å². The van der Waals surface area contributed by atoms with Crippen LogP contribution >= 0.6 is 0 Å². The van der Waals surface area contributed by atoms with Crippen LogP contribution < -0.4 is 5.32 Å². The number of nitrogens with one attached hydrogen (secondary N) is 1. The quantitative estimate of drug-likeness (QED) is 0.795. The molecule has 0 atom stereocenters. The summed E-state index contributed by atoms with van der Waals surface area (Å²) in [6.07, 6.45) is 0. The second kappa shape index (κ2) is 5.87. The van der Waals surface area contributed by atoms with Gasteiger partial charge >= 0.3 is 0 Å². The van der Waals surface area contributed by atoms with Gasteiger partial charge in [-0.2, -0.15) is 0 Å². The summed E-state index contributed by atoms with van der Waals surface area (Å²) in [5.74, 6) is 0.402. The Morgan fingerprint density at radius 3 is 2.50 bits per heavy atom.